The summed E-state index contributed by atoms with van der Waals surface area (Å²) in [6, 6.07) is 10.1. The van der Waals surface area contributed by atoms with Crippen molar-refractivity contribution in [1.82, 2.24) is 0 Å². The van der Waals surface area contributed by atoms with E-state index < -0.39 is 0 Å². The molecule has 0 saturated heterocycles. The Labute approximate surface area is 95.9 Å². The maximum absolute atomic E-state index is 11.2. The number of ether oxygens (including phenoxy) is 1. The highest BCUT2D eigenvalue weighted by atomic mass is 16.5. The molecule has 1 aromatic carbocycles. The van der Waals surface area contributed by atoms with Crippen LogP contribution in [0.3, 0.4) is 0 Å². The van der Waals surface area contributed by atoms with Gasteiger partial charge in [0, 0.05) is 12.3 Å². The fourth-order valence-corrected chi connectivity index (χ4v) is 1.92. The van der Waals surface area contributed by atoms with Gasteiger partial charge < -0.3 is 4.74 Å². The van der Waals surface area contributed by atoms with Crippen LogP contribution in [0.5, 0.6) is 0 Å². The minimum absolute atomic E-state index is 0.228. The normalized spacial score (nSPS) is 19.9. The zero-order valence-electron chi connectivity index (χ0n) is 9.48. The fraction of sp³-hybridized carbons (Fsp3) is 0.357. The maximum atomic E-state index is 11.2. The molecule has 0 amide bonds. The zero-order chi connectivity index (χ0) is 11.4. The maximum Gasteiger partial charge on any atom is 0.156 e. The molecule has 1 aromatic rings. The van der Waals surface area contributed by atoms with Gasteiger partial charge in [0.2, 0.25) is 0 Å². The van der Waals surface area contributed by atoms with E-state index in [2.05, 4.69) is 0 Å². The number of carbonyl (C=O) groups is 1. The lowest BCUT2D eigenvalue weighted by Crippen LogP contribution is -2.09. The molecule has 84 valence electrons. The largest absolute Gasteiger partial charge is 0.376 e. The number of ketones is 1. The van der Waals surface area contributed by atoms with Crippen LogP contribution in [-0.2, 0) is 16.1 Å². The van der Waals surface area contributed by atoms with Gasteiger partial charge in [-0.05, 0) is 18.6 Å². The van der Waals surface area contributed by atoms with Crippen LogP contribution in [0.1, 0.15) is 18.9 Å². The predicted octanol–water partition coefficient (Wildman–Crippen LogP) is 2.74. The number of hydrogen-bond donors (Lipinski definition) is 0. The molecule has 1 aliphatic carbocycles. The number of allylic oxidation sites excluding steroid dienone is 1. The molecule has 0 radical (unpaired) electrons. The summed E-state index contributed by atoms with van der Waals surface area (Å²) in [5.41, 5.74) is 2.33. The Hall–Kier alpha value is -1.41. The Balaban J connectivity index is 1.77. The van der Waals surface area contributed by atoms with Crippen molar-refractivity contribution >= 4 is 5.78 Å². The highest BCUT2D eigenvalue weighted by Gasteiger charge is 2.21. The third-order valence-electron chi connectivity index (χ3n) is 2.91. The van der Waals surface area contributed by atoms with E-state index >= 15 is 0 Å². The third-order valence-corrected chi connectivity index (χ3v) is 2.91. The molecule has 0 spiro atoms. The van der Waals surface area contributed by atoms with E-state index in [4.69, 9.17) is 4.74 Å². The van der Waals surface area contributed by atoms with Crippen LogP contribution in [0.25, 0.3) is 0 Å². The highest BCUT2D eigenvalue weighted by molar-refractivity contribution is 5.93. The monoisotopic (exact) mass is 216 g/mol. The van der Waals surface area contributed by atoms with Gasteiger partial charge in [-0.3, -0.25) is 4.79 Å². The molecule has 1 atom stereocenters. The first-order valence-electron chi connectivity index (χ1n) is 5.58. The predicted molar refractivity (Wildman–Crippen MR) is 63.0 cm³/mol. The van der Waals surface area contributed by atoms with Crippen molar-refractivity contribution in [3.05, 3.63) is 47.5 Å². The van der Waals surface area contributed by atoms with Gasteiger partial charge in [0.05, 0.1) is 13.2 Å². The Morgan fingerprint density at radius 3 is 2.69 bits per heavy atom. The van der Waals surface area contributed by atoms with Crippen molar-refractivity contribution in [2.45, 2.75) is 20.0 Å². The fourth-order valence-electron chi connectivity index (χ4n) is 1.92. The summed E-state index contributed by atoms with van der Waals surface area (Å²) in [6.07, 6.45) is 2.34. The summed E-state index contributed by atoms with van der Waals surface area (Å²) in [5.74, 6) is 0.516. The molecule has 2 rings (SSSR count). The van der Waals surface area contributed by atoms with Crippen LogP contribution in [0.2, 0.25) is 0 Å². The molecule has 1 aliphatic rings. The summed E-state index contributed by atoms with van der Waals surface area (Å²) in [6.45, 7) is 3.27. The molecule has 2 nitrogen and oxygen atoms in total. The average Bonchev–Trinajstić information content (AvgIpc) is 2.59. The quantitative estimate of drug-likeness (QED) is 0.773. The van der Waals surface area contributed by atoms with E-state index in [0.29, 0.717) is 19.6 Å². The van der Waals surface area contributed by atoms with Crippen LogP contribution in [0.4, 0.5) is 0 Å². The minimum Gasteiger partial charge on any atom is -0.376 e. The van der Waals surface area contributed by atoms with Gasteiger partial charge in [0.1, 0.15) is 0 Å². The van der Waals surface area contributed by atoms with Gasteiger partial charge in [-0.1, -0.05) is 35.9 Å². The second-order valence-electron chi connectivity index (χ2n) is 4.26. The van der Waals surface area contributed by atoms with Crippen LogP contribution < -0.4 is 0 Å². The van der Waals surface area contributed by atoms with E-state index in [1.54, 1.807) is 6.08 Å². The zero-order valence-corrected chi connectivity index (χ0v) is 9.48. The van der Waals surface area contributed by atoms with E-state index in [0.717, 1.165) is 5.57 Å². The molecule has 0 aliphatic heterocycles. The Bertz CT molecular complexity index is 392. The SMILES string of the molecule is CC1=CC(=O)CC1COCc1ccccc1. The first-order valence-corrected chi connectivity index (χ1v) is 5.58. The van der Waals surface area contributed by atoms with Gasteiger partial charge in [0.25, 0.3) is 0 Å². The molecule has 1 unspecified atom stereocenters. The van der Waals surface area contributed by atoms with E-state index in [-0.39, 0.29) is 11.7 Å². The summed E-state index contributed by atoms with van der Waals surface area (Å²) < 4.78 is 5.63. The molecule has 16 heavy (non-hydrogen) atoms. The molecular weight excluding hydrogens is 200 g/mol. The van der Waals surface area contributed by atoms with Gasteiger partial charge in [-0.2, -0.15) is 0 Å². The first-order chi connectivity index (χ1) is 7.75. The number of benzene rings is 1. The van der Waals surface area contributed by atoms with Crippen LogP contribution in [0, 0.1) is 5.92 Å². The van der Waals surface area contributed by atoms with E-state index in [1.807, 2.05) is 37.3 Å². The van der Waals surface area contributed by atoms with Crippen molar-refractivity contribution < 1.29 is 9.53 Å². The molecule has 0 saturated carbocycles. The molecule has 0 N–H and O–H groups in total. The Morgan fingerprint density at radius 1 is 1.31 bits per heavy atom. The lowest BCUT2D eigenvalue weighted by Gasteiger charge is -2.11. The summed E-state index contributed by atoms with van der Waals surface area (Å²) >= 11 is 0. The van der Waals surface area contributed by atoms with Crippen molar-refractivity contribution in [2.75, 3.05) is 6.61 Å². The van der Waals surface area contributed by atoms with Crippen molar-refractivity contribution in [3.8, 4) is 0 Å². The second-order valence-corrected chi connectivity index (χ2v) is 4.26. The highest BCUT2D eigenvalue weighted by Crippen LogP contribution is 2.23. The van der Waals surface area contributed by atoms with Crippen molar-refractivity contribution in [2.24, 2.45) is 5.92 Å². The lowest BCUT2D eigenvalue weighted by molar-refractivity contribution is -0.114. The van der Waals surface area contributed by atoms with Gasteiger partial charge in [-0.25, -0.2) is 0 Å². The molecular formula is C14H16O2. The van der Waals surface area contributed by atoms with Gasteiger partial charge in [0.15, 0.2) is 5.78 Å². The lowest BCUT2D eigenvalue weighted by atomic mass is 10.0. The number of carbonyl (C=O) groups excluding carboxylic acids is 1. The van der Waals surface area contributed by atoms with Crippen LogP contribution >= 0.6 is 0 Å². The summed E-state index contributed by atoms with van der Waals surface area (Å²) in [7, 11) is 0. The Morgan fingerprint density at radius 2 is 2.06 bits per heavy atom. The molecule has 0 bridgehead atoms. The standard InChI is InChI=1S/C14H16O2/c1-11-7-14(15)8-13(11)10-16-9-12-5-3-2-4-6-12/h2-7,13H,8-10H2,1H3. The van der Waals surface area contributed by atoms with E-state index in [9.17, 15) is 4.79 Å². The third kappa shape index (κ3) is 2.80. The second kappa shape index (κ2) is 5.08. The smallest absolute Gasteiger partial charge is 0.156 e. The molecule has 0 heterocycles. The van der Waals surface area contributed by atoms with Crippen LogP contribution in [-0.4, -0.2) is 12.4 Å². The molecule has 0 aromatic heterocycles. The Kier molecular flexibility index (Phi) is 3.52. The van der Waals surface area contributed by atoms with Crippen molar-refractivity contribution in [3.63, 3.8) is 0 Å². The number of hydrogen-bond acceptors (Lipinski definition) is 2. The van der Waals surface area contributed by atoms with Gasteiger partial charge in [-0.15, -0.1) is 0 Å². The van der Waals surface area contributed by atoms with Crippen LogP contribution in [0.15, 0.2) is 42.0 Å². The minimum atomic E-state index is 0.228. The van der Waals surface area contributed by atoms with Crippen molar-refractivity contribution in [1.29, 1.82) is 0 Å². The summed E-state index contributed by atoms with van der Waals surface area (Å²) in [4.78, 5) is 11.2. The van der Waals surface area contributed by atoms with E-state index in [1.165, 1.54) is 5.56 Å². The molecule has 0 fully saturated rings. The summed E-state index contributed by atoms with van der Waals surface area (Å²) in [5, 5.41) is 0. The number of rotatable bonds is 4. The average molecular weight is 216 g/mol. The topological polar surface area (TPSA) is 26.3 Å². The molecule has 2 heteroatoms. The van der Waals surface area contributed by atoms with Gasteiger partial charge >= 0.3 is 0 Å². The first kappa shape index (κ1) is 11.1.